The number of hydrogen-bond donors (Lipinski definition) is 1. The summed E-state index contributed by atoms with van der Waals surface area (Å²) in [5.41, 5.74) is 5.44. The molecule has 2 rings (SSSR count). The lowest BCUT2D eigenvalue weighted by molar-refractivity contribution is 0.0763. The summed E-state index contributed by atoms with van der Waals surface area (Å²) in [6.45, 7) is 7.23. The summed E-state index contributed by atoms with van der Waals surface area (Å²) in [6.07, 6.45) is 3.58. The normalized spacial score (nSPS) is 10.4. The Labute approximate surface area is 197 Å². The molecular weight excluding hydrogens is 468 g/mol. The molecule has 1 N–H and O–H groups in total. The second kappa shape index (κ2) is 13.0. The molecule has 0 amide bonds. The van der Waals surface area contributed by atoms with E-state index in [-0.39, 0.29) is 11.1 Å². The molecule has 0 spiro atoms. The van der Waals surface area contributed by atoms with Gasteiger partial charge in [0.1, 0.15) is 23.5 Å². The van der Waals surface area contributed by atoms with Crippen molar-refractivity contribution in [1.82, 2.24) is 5.48 Å². The van der Waals surface area contributed by atoms with Crippen LogP contribution < -0.4 is 15.0 Å². The highest BCUT2D eigenvalue weighted by Crippen LogP contribution is 2.37. The second-order valence-electron chi connectivity index (χ2n) is 6.29. The van der Waals surface area contributed by atoms with E-state index in [0.717, 1.165) is 24.0 Å². The number of hydrogen-bond acceptors (Lipinski definition) is 4. The monoisotopic (exact) mass is 489 g/mol. The zero-order valence-electron chi connectivity index (χ0n) is 16.5. The first-order chi connectivity index (χ1) is 14.4. The molecule has 0 saturated carbocycles. The van der Waals surface area contributed by atoms with Gasteiger partial charge in [-0.2, -0.15) is 0 Å². The molecule has 0 aliphatic rings. The van der Waals surface area contributed by atoms with Crippen LogP contribution >= 0.6 is 46.4 Å². The van der Waals surface area contributed by atoms with Crippen molar-refractivity contribution in [2.24, 2.45) is 0 Å². The number of benzene rings is 2. The lowest BCUT2D eigenvalue weighted by atomic mass is 10.1. The number of nitrogens with one attached hydrogen (secondary N) is 1. The van der Waals surface area contributed by atoms with E-state index < -0.39 is 0 Å². The molecule has 0 aliphatic carbocycles. The summed E-state index contributed by atoms with van der Waals surface area (Å²) in [4.78, 5) is 5.37. The summed E-state index contributed by atoms with van der Waals surface area (Å²) >= 11 is 23.7. The van der Waals surface area contributed by atoms with E-state index in [2.05, 4.69) is 19.0 Å². The van der Waals surface area contributed by atoms with Gasteiger partial charge in [0.05, 0.1) is 22.3 Å². The van der Waals surface area contributed by atoms with Gasteiger partial charge in [-0.1, -0.05) is 90.6 Å². The first-order valence-electron chi connectivity index (χ1n) is 9.32. The van der Waals surface area contributed by atoms with Crippen molar-refractivity contribution in [2.45, 2.75) is 26.4 Å². The molecule has 4 nitrogen and oxygen atoms in total. The molecule has 0 heterocycles. The molecule has 0 atom stereocenters. The van der Waals surface area contributed by atoms with Crippen LogP contribution in [0.4, 0.5) is 0 Å². The standard InChI is InChI=1S/C22H23Cl4NO3/c1-3-4-10-30-27-15(2)17-7-5-16(6-8-17)14-29-22-19(23)12-18(13-20(22)24)28-11-9-21(25)26/h5-9,12-13,27H,2-4,10-11,14H2,1H3. The number of ether oxygens (including phenoxy) is 2. The molecule has 2 aromatic rings. The van der Waals surface area contributed by atoms with Gasteiger partial charge in [0.2, 0.25) is 0 Å². The van der Waals surface area contributed by atoms with Crippen LogP contribution in [0.5, 0.6) is 11.5 Å². The third-order valence-corrected chi connectivity index (χ3v) is 4.81. The van der Waals surface area contributed by atoms with Gasteiger partial charge in [-0.3, -0.25) is 10.3 Å². The van der Waals surface area contributed by atoms with Crippen LogP contribution in [-0.4, -0.2) is 13.2 Å². The molecule has 2 aromatic carbocycles. The Balaban J connectivity index is 1.92. The molecular formula is C22H23Cl4NO3. The molecule has 8 heteroatoms. The fraction of sp³-hybridized carbons (Fsp3) is 0.273. The van der Waals surface area contributed by atoms with Crippen molar-refractivity contribution in [3.8, 4) is 11.5 Å². The molecule has 0 aromatic heterocycles. The quantitative estimate of drug-likeness (QED) is 0.246. The SMILES string of the molecule is C=C(NOCCCC)c1ccc(COc2c(Cl)cc(OCC=C(Cl)Cl)cc2Cl)cc1. The predicted octanol–water partition coefficient (Wildman–Crippen LogP) is 7.56. The van der Waals surface area contributed by atoms with Gasteiger partial charge in [-0.15, -0.1) is 0 Å². The van der Waals surface area contributed by atoms with Crippen LogP contribution in [0.3, 0.4) is 0 Å². The predicted molar refractivity (Wildman–Crippen MR) is 126 cm³/mol. The maximum atomic E-state index is 6.29. The van der Waals surface area contributed by atoms with E-state index in [1.807, 2.05) is 24.3 Å². The minimum atomic E-state index is 0.126. The third kappa shape index (κ3) is 8.29. The largest absolute Gasteiger partial charge is 0.489 e. The van der Waals surface area contributed by atoms with Crippen molar-refractivity contribution in [1.29, 1.82) is 0 Å². The van der Waals surface area contributed by atoms with Crippen molar-refractivity contribution in [3.63, 3.8) is 0 Å². The van der Waals surface area contributed by atoms with Crippen LogP contribution in [0, 0.1) is 0 Å². The van der Waals surface area contributed by atoms with Crippen LogP contribution in [0.2, 0.25) is 10.0 Å². The average Bonchev–Trinajstić information content (AvgIpc) is 2.70. The summed E-state index contributed by atoms with van der Waals surface area (Å²) in [5.74, 6) is 0.871. The number of halogens is 4. The Kier molecular flexibility index (Phi) is 10.7. The van der Waals surface area contributed by atoms with Gasteiger partial charge in [0.15, 0.2) is 5.75 Å². The molecule has 0 fully saturated rings. The van der Waals surface area contributed by atoms with Gasteiger partial charge < -0.3 is 9.47 Å². The van der Waals surface area contributed by atoms with Gasteiger partial charge in [0.25, 0.3) is 0 Å². The topological polar surface area (TPSA) is 39.7 Å². The number of rotatable bonds is 12. The molecule has 162 valence electrons. The highest BCUT2D eigenvalue weighted by Gasteiger charge is 2.11. The van der Waals surface area contributed by atoms with E-state index in [1.54, 1.807) is 12.1 Å². The lowest BCUT2D eigenvalue weighted by Gasteiger charge is -2.13. The zero-order chi connectivity index (χ0) is 21.9. The summed E-state index contributed by atoms with van der Waals surface area (Å²) in [7, 11) is 0. The van der Waals surface area contributed by atoms with Crippen LogP contribution in [0.25, 0.3) is 5.70 Å². The first-order valence-corrected chi connectivity index (χ1v) is 10.8. The average molecular weight is 491 g/mol. The number of unbranched alkanes of at least 4 members (excludes halogenated alkanes) is 1. The Bertz CT molecular complexity index is 842. The van der Waals surface area contributed by atoms with E-state index in [4.69, 9.17) is 60.7 Å². The maximum absolute atomic E-state index is 6.29. The molecule has 0 aliphatic heterocycles. The first kappa shape index (κ1) is 24.7. The van der Waals surface area contributed by atoms with E-state index in [0.29, 0.717) is 40.5 Å². The van der Waals surface area contributed by atoms with E-state index in [9.17, 15) is 0 Å². The Morgan fingerprint density at radius 3 is 2.33 bits per heavy atom. The van der Waals surface area contributed by atoms with Crippen molar-refractivity contribution in [2.75, 3.05) is 13.2 Å². The van der Waals surface area contributed by atoms with E-state index >= 15 is 0 Å². The summed E-state index contributed by atoms with van der Waals surface area (Å²) < 4.78 is 11.4. The maximum Gasteiger partial charge on any atom is 0.157 e. The van der Waals surface area contributed by atoms with Gasteiger partial charge in [0, 0.05) is 12.1 Å². The minimum Gasteiger partial charge on any atom is -0.489 e. The lowest BCUT2D eigenvalue weighted by Crippen LogP contribution is -2.13. The van der Waals surface area contributed by atoms with Crippen molar-refractivity contribution in [3.05, 3.63) is 74.7 Å². The van der Waals surface area contributed by atoms with Gasteiger partial charge >= 0.3 is 0 Å². The van der Waals surface area contributed by atoms with Crippen molar-refractivity contribution < 1.29 is 14.3 Å². The van der Waals surface area contributed by atoms with Crippen LogP contribution in [0.1, 0.15) is 30.9 Å². The fourth-order valence-electron chi connectivity index (χ4n) is 2.33. The highest BCUT2D eigenvalue weighted by atomic mass is 35.5. The van der Waals surface area contributed by atoms with Crippen molar-refractivity contribution >= 4 is 52.1 Å². The molecule has 0 radical (unpaired) electrons. The van der Waals surface area contributed by atoms with Gasteiger partial charge in [-0.25, -0.2) is 0 Å². The Morgan fingerprint density at radius 1 is 1.07 bits per heavy atom. The smallest absolute Gasteiger partial charge is 0.157 e. The zero-order valence-corrected chi connectivity index (χ0v) is 19.5. The number of hydroxylamine groups is 1. The third-order valence-electron chi connectivity index (χ3n) is 3.94. The van der Waals surface area contributed by atoms with Crippen LogP contribution in [0.15, 0.2) is 53.5 Å². The highest BCUT2D eigenvalue weighted by molar-refractivity contribution is 6.55. The summed E-state index contributed by atoms with van der Waals surface area (Å²) in [6, 6.07) is 11.0. The van der Waals surface area contributed by atoms with E-state index in [1.165, 1.54) is 6.08 Å². The molecule has 30 heavy (non-hydrogen) atoms. The van der Waals surface area contributed by atoms with Crippen LogP contribution in [-0.2, 0) is 11.4 Å². The molecule has 0 unspecified atom stereocenters. The fourth-order valence-corrected chi connectivity index (χ4v) is 3.03. The molecule has 0 saturated heterocycles. The molecule has 0 bridgehead atoms. The summed E-state index contributed by atoms with van der Waals surface area (Å²) in [5, 5.41) is 0.689. The Hall–Kier alpha value is -1.56. The Morgan fingerprint density at radius 2 is 1.73 bits per heavy atom. The van der Waals surface area contributed by atoms with Gasteiger partial charge in [-0.05, 0) is 23.6 Å². The second-order valence-corrected chi connectivity index (χ2v) is 8.11. The minimum absolute atomic E-state index is 0.126.